The number of rotatable bonds is 4. The number of hydrogen-bond donors (Lipinski definition) is 2. The van der Waals surface area contributed by atoms with E-state index in [1.165, 1.54) is 0 Å². The van der Waals surface area contributed by atoms with Crippen LogP contribution in [0.4, 0.5) is 5.69 Å². The number of hydrazine groups is 1. The average Bonchev–Trinajstić information content (AvgIpc) is 2.48. The summed E-state index contributed by atoms with van der Waals surface area (Å²) < 4.78 is 0. The van der Waals surface area contributed by atoms with Gasteiger partial charge in [0.2, 0.25) is 0 Å². The molecular weight excluding hydrogens is 286 g/mol. The van der Waals surface area contributed by atoms with Crippen molar-refractivity contribution in [3.63, 3.8) is 0 Å². The van der Waals surface area contributed by atoms with Gasteiger partial charge in [-0.15, -0.1) is 0 Å². The molecule has 0 spiro atoms. The Bertz CT molecular complexity index is 658. The molecule has 2 aromatic rings. The fraction of sp³-hybridized carbons (Fsp3) is 0.188. The molecule has 0 atom stereocenters. The number of amides is 1. The van der Waals surface area contributed by atoms with E-state index in [1.54, 1.807) is 18.0 Å². The zero-order valence-electron chi connectivity index (χ0n) is 12.1. The second-order valence-corrected chi connectivity index (χ2v) is 5.35. The summed E-state index contributed by atoms with van der Waals surface area (Å²) >= 11 is 6.13. The summed E-state index contributed by atoms with van der Waals surface area (Å²) in [5, 5.41) is 0.651. The van der Waals surface area contributed by atoms with E-state index in [4.69, 9.17) is 17.4 Å². The number of nitrogens with one attached hydrogen (secondary N) is 1. The molecule has 0 radical (unpaired) electrons. The number of nitrogens with zero attached hydrogens (tertiary/aromatic N) is 1. The topological polar surface area (TPSA) is 58.4 Å². The molecular formula is C16H18ClN3O. The first-order valence-electron chi connectivity index (χ1n) is 6.59. The van der Waals surface area contributed by atoms with Gasteiger partial charge in [0.15, 0.2) is 0 Å². The number of carbonyl (C=O) groups excluding carboxylic acids is 1. The summed E-state index contributed by atoms with van der Waals surface area (Å²) in [7, 11) is 1.74. The van der Waals surface area contributed by atoms with Gasteiger partial charge in [-0.1, -0.05) is 41.4 Å². The van der Waals surface area contributed by atoms with Crippen LogP contribution in [0, 0.1) is 6.92 Å². The van der Waals surface area contributed by atoms with E-state index >= 15 is 0 Å². The van der Waals surface area contributed by atoms with Crippen molar-refractivity contribution in [3.8, 4) is 0 Å². The first-order chi connectivity index (χ1) is 10.0. The van der Waals surface area contributed by atoms with Crippen LogP contribution in [0.25, 0.3) is 0 Å². The Morgan fingerprint density at radius 1 is 1.29 bits per heavy atom. The van der Waals surface area contributed by atoms with Crippen molar-refractivity contribution in [2.45, 2.75) is 13.5 Å². The van der Waals surface area contributed by atoms with Crippen molar-refractivity contribution in [2.75, 3.05) is 12.5 Å². The smallest absolute Gasteiger partial charge is 0.256 e. The Balaban J connectivity index is 2.24. The van der Waals surface area contributed by atoms with Crippen LogP contribution in [0.15, 0.2) is 42.5 Å². The van der Waals surface area contributed by atoms with Crippen LogP contribution in [-0.2, 0) is 6.54 Å². The Morgan fingerprint density at radius 2 is 2.00 bits per heavy atom. The molecule has 2 rings (SSSR count). The molecule has 2 aromatic carbocycles. The van der Waals surface area contributed by atoms with E-state index in [9.17, 15) is 4.79 Å². The minimum atomic E-state index is -0.105. The quantitative estimate of drug-likeness (QED) is 0.673. The van der Waals surface area contributed by atoms with Gasteiger partial charge in [0.1, 0.15) is 0 Å². The summed E-state index contributed by atoms with van der Waals surface area (Å²) in [5.41, 5.74) is 5.63. The molecule has 0 aromatic heterocycles. The maximum Gasteiger partial charge on any atom is 0.256 e. The Labute approximate surface area is 129 Å². The largest absolute Gasteiger partial charge is 0.337 e. The second-order valence-electron chi connectivity index (χ2n) is 4.95. The molecule has 21 heavy (non-hydrogen) atoms. The predicted octanol–water partition coefficient (Wildman–Crippen LogP) is 3.21. The lowest BCUT2D eigenvalue weighted by Gasteiger charge is -2.20. The number of hydrogen-bond acceptors (Lipinski definition) is 3. The van der Waals surface area contributed by atoms with Crippen molar-refractivity contribution < 1.29 is 4.79 Å². The average molecular weight is 304 g/mol. The molecule has 3 N–H and O–H groups in total. The summed E-state index contributed by atoms with van der Waals surface area (Å²) in [5.74, 6) is 5.37. The molecule has 0 saturated heterocycles. The van der Waals surface area contributed by atoms with Crippen molar-refractivity contribution in [1.82, 2.24) is 4.90 Å². The summed E-state index contributed by atoms with van der Waals surface area (Å²) in [6.45, 7) is 2.38. The van der Waals surface area contributed by atoms with Gasteiger partial charge >= 0.3 is 0 Å². The Hall–Kier alpha value is -2.04. The van der Waals surface area contributed by atoms with Crippen LogP contribution in [0.3, 0.4) is 0 Å². The van der Waals surface area contributed by atoms with Crippen molar-refractivity contribution in [2.24, 2.45) is 5.84 Å². The van der Waals surface area contributed by atoms with Gasteiger partial charge < -0.3 is 10.3 Å². The summed E-state index contributed by atoms with van der Waals surface area (Å²) in [4.78, 5) is 14.2. The first kappa shape index (κ1) is 15.4. The third-order valence-electron chi connectivity index (χ3n) is 3.27. The molecule has 0 fully saturated rings. The van der Waals surface area contributed by atoms with E-state index in [2.05, 4.69) is 5.43 Å². The second kappa shape index (κ2) is 6.61. The third kappa shape index (κ3) is 3.54. The number of benzene rings is 2. The molecule has 0 aliphatic carbocycles. The fourth-order valence-corrected chi connectivity index (χ4v) is 2.32. The Kier molecular flexibility index (Phi) is 4.83. The van der Waals surface area contributed by atoms with Gasteiger partial charge in [-0.3, -0.25) is 10.6 Å². The van der Waals surface area contributed by atoms with Crippen LogP contribution < -0.4 is 11.3 Å². The number of nitrogen functional groups attached to an aromatic ring is 1. The minimum Gasteiger partial charge on any atom is -0.337 e. The standard InChI is InChI=1S/C16H18ClN3O/c1-11-7-8-15(19-18)13(9-11)16(21)20(2)10-12-5-3-4-6-14(12)17/h3-9,19H,10,18H2,1-2H3. The van der Waals surface area contributed by atoms with Gasteiger partial charge in [0.05, 0.1) is 11.3 Å². The fourth-order valence-electron chi connectivity index (χ4n) is 2.12. The van der Waals surface area contributed by atoms with Gasteiger partial charge in [-0.25, -0.2) is 0 Å². The van der Waals surface area contributed by atoms with E-state index in [0.717, 1.165) is 11.1 Å². The summed E-state index contributed by atoms with van der Waals surface area (Å²) in [6, 6.07) is 13.0. The van der Waals surface area contributed by atoms with Crippen molar-refractivity contribution in [1.29, 1.82) is 0 Å². The number of aryl methyl sites for hydroxylation is 1. The van der Waals surface area contributed by atoms with Gasteiger partial charge in [-0.05, 0) is 30.7 Å². The van der Waals surface area contributed by atoms with Crippen LogP contribution in [0.2, 0.25) is 5.02 Å². The monoisotopic (exact) mass is 303 g/mol. The molecule has 0 saturated carbocycles. The molecule has 5 heteroatoms. The molecule has 0 aliphatic heterocycles. The van der Waals surface area contributed by atoms with Crippen LogP contribution in [0.5, 0.6) is 0 Å². The van der Waals surface area contributed by atoms with E-state index < -0.39 is 0 Å². The van der Waals surface area contributed by atoms with Gasteiger partial charge in [0.25, 0.3) is 5.91 Å². The maximum absolute atomic E-state index is 12.6. The normalized spacial score (nSPS) is 10.3. The van der Waals surface area contributed by atoms with Crippen LogP contribution >= 0.6 is 11.6 Å². The highest BCUT2D eigenvalue weighted by Gasteiger charge is 2.16. The molecule has 1 amide bonds. The Morgan fingerprint density at radius 3 is 2.67 bits per heavy atom. The molecule has 0 aliphatic rings. The SMILES string of the molecule is Cc1ccc(NN)c(C(=O)N(C)Cc2ccccc2Cl)c1. The lowest BCUT2D eigenvalue weighted by atomic mass is 10.1. The van der Waals surface area contributed by atoms with Crippen LogP contribution in [0.1, 0.15) is 21.5 Å². The molecule has 0 unspecified atom stereocenters. The lowest BCUT2D eigenvalue weighted by molar-refractivity contribution is 0.0786. The molecule has 0 heterocycles. The number of carbonyl (C=O) groups is 1. The van der Waals surface area contributed by atoms with E-state index in [0.29, 0.717) is 22.8 Å². The number of anilines is 1. The maximum atomic E-state index is 12.6. The highest BCUT2D eigenvalue weighted by molar-refractivity contribution is 6.31. The predicted molar refractivity (Wildman–Crippen MR) is 86.2 cm³/mol. The van der Waals surface area contributed by atoms with Crippen molar-refractivity contribution >= 4 is 23.2 Å². The zero-order chi connectivity index (χ0) is 15.4. The highest BCUT2D eigenvalue weighted by atomic mass is 35.5. The number of nitrogens with two attached hydrogens (primary N) is 1. The van der Waals surface area contributed by atoms with Gasteiger partial charge in [-0.2, -0.15) is 0 Å². The molecule has 0 bridgehead atoms. The minimum absolute atomic E-state index is 0.105. The molecule has 4 nitrogen and oxygen atoms in total. The number of halogens is 1. The zero-order valence-corrected chi connectivity index (χ0v) is 12.8. The van der Waals surface area contributed by atoms with E-state index in [-0.39, 0.29) is 5.91 Å². The highest BCUT2D eigenvalue weighted by Crippen LogP contribution is 2.21. The van der Waals surface area contributed by atoms with Gasteiger partial charge in [0, 0.05) is 18.6 Å². The molecule has 110 valence electrons. The summed E-state index contributed by atoms with van der Waals surface area (Å²) in [6.07, 6.45) is 0. The van der Waals surface area contributed by atoms with E-state index in [1.807, 2.05) is 43.3 Å². The first-order valence-corrected chi connectivity index (χ1v) is 6.97. The van der Waals surface area contributed by atoms with Crippen LogP contribution in [-0.4, -0.2) is 17.9 Å². The third-order valence-corrected chi connectivity index (χ3v) is 3.64. The lowest BCUT2D eigenvalue weighted by Crippen LogP contribution is -2.27. The van der Waals surface area contributed by atoms with Crippen molar-refractivity contribution in [3.05, 3.63) is 64.2 Å².